The summed E-state index contributed by atoms with van der Waals surface area (Å²) in [5, 5.41) is 25.6. The van der Waals surface area contributed by atoms with E-state index < -0.39 is 17.9 Å². The van der Waals surface area contributed by atoms with E-state index >= 15 is 0 Å². The van der Waals surface area contributed by atoms with Gasteiger partial charge in [-0.25, -0.2) is 0 Å². The van der Waals surface area contributed by atoms with Crippen LogP contribution in [-0.4, -0.2) is 33.2 Å². The number of carboxylic acids is 3. The average Bonchev–Trinajstić information content (AvgIpc) is 3.27. The zero-order valence-corrected chi connectivity index (χ0v) is 48.4. The summed E-state index contributed by atoms with van der Waals surface area (Å²) >= 11 is 0. The van der Waals surface area contributed by atoms with Crippen LogP contribution in [0.4, 0.5) is 0 Å². The third-order valence-electron chi connectivity index (χ3n) is 11.8. The first kappa shape index (κ1) is 78.1. The number of hydrogen-bond acceptors (Lipinski definition) is 3. The Labute approximate surface area is 433 Å². The van der Waals surface area contributed by atoms with E-state index in [1.165, 1.54) is 212 Å². The molecule has 69 heavy (non-hydrogen) atoms. The van der Waals surface area contributed by atoms with Crippen molar-refractivity contribution < 1.29 is 29.7 Å². The van der Waals surface area contributed by atoms with E-state index in [2.05, 4.69) is 61.3 Å². The molecule has 0 aliphatic heterocycles. The van der Waals surface area contributed by atoms with Crippen molar-refractivity contribution in [2.45, 2.75) is 332 Å². The van der Waals surface area contributed by atoms with Crippen molar-refractivity contribution in [3.05, 3.63) is 38.0 Å². The Morgan fingerprint density at radius 2 is 0.377 bits per heavy atom. The first-order valence-electron chi connectivity index (χ1n) is 29.5. The van der Waals surface area contributed by atoms with E-state index in [1.807, 2.05) is 20.8 Å². The van der Waals surface area contributed by atoms with Crippen LogP contribution in [0, 0.1) is 17.8 Å². The summed E-state index contributed by atoms with van der Waals surface area (Å²) in [4.78, 5) is 31.0. The first-order valence-corrected chi connectivity index (χ1v) is 29.5. The van der Waals surface area contributed by atoms with E-state index in [-0.39, 0.29) is 0 Å². The highest BCUT2D eigenvalue weighted by atomic mass is 16.4. The van der Waals surface area contributed by atoms with Gasteiger partial charge in [-0.15, -0.1) is 19.7 Å². The Bertz CT molecular complexity index is 862. The summed E-state index contributed by atoms with van der Waals surface area (Å²) in [5.74, 6) is 0.636. The van der Waals surface area contributed by atoms with Crippen LogP contribution in [0.5, 0.6) is 0 Å². The predicted molar refractivity (Wildman–Crippen MR) is 309 cm³/mol. The molecule has 0 aliphatic carbocycles. The van der Waals surface area contributed by atoms with Crippen LogP contribution < -0.4 is 0 Å². The largest absolute Gasteiger partial charge is 0.481 e. The molecule has 0 amide bonds. The zero-order chi connectivity index (χ0) is 53.3. The monoisotopic (exact) mass is 979 g/mol. The molecule has 0 spiro atoms. The smallest absolute Gasteiger partial charge is 0.303 e. The van der Waals surface area contributed by atoms with Crippen LogP contribution in [0.3, 0.4) is 0 Å². The van der Waals surface area contributed by atoms with Crippen molar-refractivity contribution in [1.29, 1.82) is 0 Å². The molecule has 6 heteroatoms. The maximum Gasteiger partial charge on any atom is 0.303 e. The highest BCUT2D eigenvalue weighted by molar-refractivity contribution is 5.67. The molecule has 0 bridgehead atoms. The molecule has 0 saturated carbocycles. The SMILES string of the molecule is C=CC.C=CC.C=CC.CC(C)CCCCCCCCCCCCCCC(=O)O.CC(C)CCCCCCCCCCCCCCC(=O)O.CC(C)CCCCCCCCCCCCCCC(=O)O. The molecule has 3 N–H and O–H groups in total. The van der Waals surface area contributed by atoms with Gasteiger partial charge in [-0.3, -0.25) is 14.4 Å². The van der Waals surface area contributed by atoms with Crippen molar-refractivity contribution in [2.75, 3.05) is 0 Å². The van der Waals surface area contributed by atoms with Crippen LogP contribution in [0.25, 0.3) is 0 Å². The lowest BCUT2D eigenvalue weighted by Crippen LogP contribution is -1.93. The third kappa shape index (κ3) is 112. The highest BCUT2D eigenvalue weighted by Crippen LogP contribution is 2.17. The minimum Gasteiger partial charge on any atom is -0.481 e. The molecule has 0 heterocycles. The highest BCUT2D eigenvalue weighted by Gasteiger charge is 2.01. The minimum atomic E-state index is -0.654. The Morgan fingerprint density at radius 3 is 0.478 bits per heavy atom. The third-order valence-corrected chi connectivity index (χ3v) is 11.8. The second kappa shape index (κ2) is 74.6. The number of hydrogen-bond donors (Lipinski definition) is 3. The van der Waals surface area contributed by atoms with Crippen molar-refractivity contribution in [2.24, 2.45) is 17.8 Å². The number of carbonyl (C=O) groups is 3. The van der Waals surface area contributed by atoms with Gasteiger partial charge in [0.25, 0.3) is 0 Å². The van der Waals surface area contributed by atoms with Crippen LogP contribution >= 0.6 is 0 Å². The lowest BCUT2D eigenvalue weighted by atomic mass is 10.0. The van der Waals surface area contributed by atoms with Crippen molar-refractivity contribution in [1.82, 2.24) is 0 Å². The maximum atomic E-state index is 10.3. The molecule has 6 nitrogen and oxygen atoms in total. The van der Waals surface area contributed by atoms with Gasteiger partial charge in [0, 0.05) is 19.3 Å². The molecule has 0 aromatic heterocycles. The summed E-state index contributed by atoms with van der Waals surface area (Å²) in [6.45, 7) is 29.6. The quantitative estimate of drug-likeness (QED) is 0.0414. The Hall–Kier alpha value is -2.37. The summed E-state index contributed by atoms with van der Waals surface area (Å²) in [6, 6.07) is 0. The summed E-state index contributed by atoms with van der Waals surface area (Å²) in [6.07, 6.45) is 57.2. The lowest BCUT2D eigenvalue weighted by Gasteiger charge is -2.04. The van der Waals surface area contributed by atoms with E-state index in [9.17, 15) is 14.4 Å². The molecular formula is C63H126O6. The minimum absolute atomic E-state index is 0.344. The van der Waals surface area contributed by atoms with Crippen LogP contribution in [-0.2, 0) is 14.4 Å². The van der Waals surface area contributed by atoms with Crippen molar-refractivity contribution >= 4 is 17.9 Å². The summed E-state index contributed by atoms with van der Waals surface area (Å²) in [7, 11) is 0. The molecular weight excluding hydrogens is 853 g/mol. The van der Waals surface area contributed by atoms with E-state index in [1.54, 1.807) is 18.2 Å². The van der Waals surface area contributed by atoms with E-state index in [4.69, 9.17) is 15.3 Å². The number of allylic oxidation sites excluding steroid dienone is 3. The molecule has 0 rings (SSSR count). The molecule has 0 aromatic rings. The molecule has 0 atom stereocenters. The van der Waals surface area contributed by atoms with Crippen LogP contribution in [0.2, 0.25) is 0 Å². The molecule has 0 aromatic carbocycles. The molecule has 0 fully saturated rings. The van der Waals surface area contributed by atoms with Crippen LogP contribution in [0.15, 0.2) is 38.0 Å². The normalized spacial score (nSPS) is 10.3. The molecule has 0 unspecified atom stereocenters. The fourth-order valence-corrected chi connectivity index (χ4v) is 7.79. The fourth-order valence-electron chi connectivity index (χ4n) is 7.79. The predicted octanol–water partition coefficient (Wildman–Crippen LogP) is 22.1. The molecule has 0 aliphatic rings. The summed E-state index contributed by atoms with van der Waals surface area (Å²) < 4.78 is 0. The Morgan fingerprint density at radius 1 is 0.275 bits per heavy atom. The second-order valence-electron chi connectivity index (χ2n) is 20.9. The maximum absolute atomic E-state index is 10.3. The number of aliphatic carboxylic acids is 3. The van der Waals surface area contributed by atoms with Crippen LogP contribution in [0.1, 0.15) is 332 Å². The van der Waals surface area contributed by atoms with Crippen molar-refractivity contribution in [3.8, 4) is 0 Å². The van der Waals surface area contributed by atoms with E-state index in [0.29, 0.717) is 19.3 Å². The number of carboxylic acid groups (broad SMARTS) is 3. The van der Waals surface area contributed by atoms with E-state index in [0.717, 1.165) is 56.3 Å². The van der Waals surface area contributed by atoms with Gasteiger partial charge in [-0.2, -0.15) is 0 Å². The zero-order valence-electron chi connectivity index (χ0n) is 48.4. The number of rotatable bonds is 45. The van der Waals surface area contributed by atoms with Gasteiger partial charge in [-0.05, 0) is 57.8 Å². The van der Waals surface area contributed by atoms with Gasteiger partial charge < -0.3 is 15.3 Å². The fraction of sp³-hybridized carbons (Fsp3) is 0.857. The second-order valence-corrected chi connectivity index (χ2v) is 20.9. The topological polar surface area (TPSA) is 112 Å². The lowest BCUT2D eigenvalue weighted by molar-refractivity contribution is -0.138. The van der Waals surface area contributed by atoms with Gasteiger partial charge in [0.1, 0.15) is 0 Å². The molecule has 0 saturated heterocycles. The first-order chi connectivity index (χ1) is 33.1. The molecule has 414 valence electrons. The van der Waals surface area contributed by atoms with Gasteiger partial charge in [0.15, 0.2) is 0 Å². The van der Waals surface area contributed by atoms with Gasteiger partial charge in [-0.1, -0.05) is 291 Å². The van der Waals surface area contributed by atoms with Gasteiger partial charge in [0.2, 0.25) is 0 Å². The average molecular weight is 980 g/mol. The summed E-state index contributed by atoms with van der Waals surface area (Å²) in [5.41, 5.74) is 0. The standard InChI is InChI=1S/3C18H36O2.3C3H6/c3*1-17(2)15-13-11-9-7-5-3-4-6-8-10-12-14-16-18(19)20;3*1-3-2/h3*17H,3-16H2,1-2H3,(H,19,20);3*3H,1H2,2H3. The van der Waals surface area contributed by atoms with Gasteiger partial charge in [0.05, 0.1) is 0 Å². The Balaban J connectivity index is -0.000000198. The van der Waals surface area contributed by atoms with Gasteiger partial charge >= 0.3 is 17.9 Å². The van der Waals surface area contributed by atoms with Crippen molar-refractivity contribution in [3.63, 3.8) is 0 Å². The Kier molecular flexibility index (Phi) is 84.4. The number of unbranched alkanes of at least 4 members (excludes halogenated alkanes) is 33. The molecule has 0 radical (unpaired) electrons.